The van der Waals surface area contributed by atoms with Crippen LogP contribution in [-0.2, 0) is 6.42 Å². The molecule has 1 N–H and O–H groups in total. The molecule has 1 rings (SSSR count). The van der Waals surface area contributed by atoms with Gasteiger partial charge in [0.15, 0.2) is 0 Å². The zero-order chi connectivity index (χ0) is 13.8. The van der Waals surface area contributed by atoms with Gasteiger partial charge in [0.05, 0.1) is 28.4 Å². The number of nitrogens with one attached hydrogen (secondary N) is 1. The quantitative estimate of drug-likeness (QED) is 0.875. The first-order valence-electron chi connectivity index (χ1n) is 5.92. The van der Waals surface area contributed by atoms with Gasteiger partial charge < -0.3 is 5.32 Å². The highest BCUT2D eigenvalue weighted by molar-refractivity contribution is 5.95. The largest absolute Gasteiger partial charge is 0.350 e. The molecular weight excluding hydrogens is 228 g/mol. The van der Waals surface area contributed by atoms with Crippen molar-refractivity contribution in [2.75, 3.05) is 6.54 Å². The summed E-state index contributed by atoms with van der Waals surface area (Å²) in [5.74, 6) is -0.201. The van der Waals surface area contributed by atoms with Crippen molar-refractivity contribution >= 4 is 5.91 Å². The SMILES string of the molecule is CCc1nnc(C)cc1C(=O)NCC(C)(C)C#N. The zero-order valence-corrected chi connectivity index (χ0v) is 11.2. The molecule has 1 amide bonds. The molecule has 0 aliphatic carbocycles. The molecule has 0 aliphatic rings. The fourth-order valence-electron chi connectivity index (χ4n) is 1.41. The first-order chi connectivity index (χ1) is 8.39. The number of aromatic nitrogens is 2. The second kappa shape index (κ2) is 5.58. The van der Waals surface area contributed by atoms with E-state index >= 15 is 0 Å². The maximum atomic E-state index is 12.1. The summed E-state index contributed by atoms with van der Waals surface area (Å²) < 4.78 is 0. The Kier molecular flexibility index (Phi) is 4.38. The van der Waals surface area contributed by atoms with Crippen LogP contribution in [0.5, 0.6) is 0 Å². The molecule has 5 nitrogen and oxygen atoms in total. The number of hydrogen-bond acceptors (Lipinski definition) is 4. The highest BCUT2D eigenvalue weighted by atomic mass is 16.1. The molecule has 0 radical (unpaired) electrons. The third kappa shape index (κ3) is 3.52. The first kappa shape index (κ1) is 14.1. The van der Waals surface area contributed by atoms with Gasteiger partial charge in [-0.15, -0.1) is 0 Å². The number of carbonyl (C=O) groups is 1. The van der Waals surface area contributed by atoms with E-state index in [9.17, 15) is 4.79 Å². The third-order valence-corrected chi connectivity index (χ3v) is 2.57. The van der Waals surface area contributed by atoms with Crippen LogP contribution in [0.3, 0.4) is 0 Å². The van der Waals surface area contributed by atoms with Crippen LogP contribution in [0.25, 0.3) is 0 Å². The van der Waals surface area contributed by atoms with Gasteiger partial charge >= 0.3 is 0 Å². The summed E-state index contributed by atoms with van der Waals surface area (Å²) >= 11 is 0. The predicted octanol–water partition coefficient (Wildman–Crippen LogP) is 1.63. The molecule has 0 spiro atoms. The number of aryl methyl sites for hydroxylation is 2. The van der Waals surface area contributed by atoms with Crippen LogP contribution in [0.2, 0.25) is 0 Å². The molecule has 5 heteroatoms. The van der Waals surface area contributed by atoms with Crippen LogP contribution >= 0.6 is 0 Å². The van der Waals surface area contributed by atoms with E-state index in [1.807, 2.05) is 6.92 Å². The number of hydrogen-bond donors (Lipinski definition) is 1. The number of nitriles is 1. The van der Waals surface area contributed by atoms with Crippen molar-refractivity contribution in [3.05, 3.63) is 23.0 Å². The summed E-state index contributed by atoms with van der Waals surface area (Å²) in [4.78, 5) is 12.1. The normalized spacial score (nSPS) is 10.8. The van der Waals surface area contributed by atoms with Crippen molar-refractivity contribution in [2.24, 2.45) is 5.41 Å². The van der Waals surface area contributed by atoms with E-state index in [0.717, 1.165) is 0 Å². The molecule has 1 aromatic heterocycles. The van der Waals surface area contributed by atoms with E-state index in [1.54, 1.807) is 26.8 Å². The maximum Gasteiger partial charge on any atom is 0.253 e. The minimum atomic E-state index is -0.572. The van der Waals surface area contributed by atoms with Gasteiger partial charge in [-0.05, 0) is 33.3 Å². The van der Waals surface area contributed by atoms with Crippen LogP contribution in [0, 0.1) is 23.7 Å². The number of carbonyl (C=O) groups excluding carboxylic acids is 1. The Hall–Kier alpha value is -1.96. The molecule has 96 valence electrons. The average molecular weight is 246 g/mol. The van der Waals surface area contributed by atoms with E-state index in [4.69, 9.17) is 5.26 Å². The number of amides is 1. The monoisotopic (exact) mass is 246 g/mol. The molecular formula is C13H18N4O. The Morgan fingerprint density at radius 1 is 1.50 bits per heavy atom. The van der Waals surface area contributed by atoms with Crippen LogP contribution in [0.15, 0.2) is 6.07 Å². The molecule has 1 heterocycles. The second-order valence-electron chi connectivity index (χ2n) is 4.88. The summed E-state index contributed by atoms with van der Waals surface area (Å²) in [6, 6.07) is 3.87. The van der Waals surface area contributed by atoms with Gasteiger partial charge in [0.1, 0.15) is 0 Å². The van der Waals surface area contributed by atoms with Crippen molar-refractivity contribution in [3.63, 3.8) is 0 Å². The third-order valence-electron chi connectivity index (χ3n) is 2.57. The van der Waals surface area contributed by atoms with Crippen LogP contribution < -0.4 is 5.32 Å². The van der Waals surface area contributed by atoms with Gasteiger partial charge in [-0.1, -0.05) is 6.92 Å². The molecule has 0 aromatic carbocycles. The standard InChI is InChI=1S/C13H18N4O/c1-5-11-10(6-9(2)16-17-11)12(18)15-8-13(3,4)7-14/h6H,5,8H2,1-4H3,(H,15,18). The Morgan fingerprint density at radius 3 is 2.72 bits per heavy atom. The topological polar surface area (TPSA) is 78.7 Å². The molecule has 0 fully saturated rings. The van der Waals surface area contributed by atoms with Gasteiger partial charge in [0.2, 0.25) is 0 Å². The molecule has 0 saturated heterocycles. The Balaban J connectivity index is 2.85. The van der Waals surface area contributed by atoms with Crippen molar-refractivity contribution in [1.82, 2.24) is 15.5 Å². The van der Waals surface area contributed by atoms with Crippen LogP contribution in [0.1, 0.15) is 42.5 Å². The van der Waals surface area contributed by atoms with Gasteiger partial charge in [-0.3, -0.25) is 4.79 Å². The fraction of sp³-hybridized carbons (Fsp3) is 0.538. The van der Waals surface area contributed by atoms with Gasteiger partial charge in [0.25, 0.3) is 5.91 Å². The lowest BCUT2D eigenvalue weighted by Gasteiger charge is -2.16. The van der Waals surface area contributed by atoms with Gasteiger partial charge in [0, 0.05) is 6.54 Å². The molecule has 1 aromatic rings. The van der Waals surface area contributed by atoms with Crippen molar-refractivity contribution in [1.29, 1.82) is 5.26 Å². The lowest BCUT2D eigenvalue weighted by molar-refractivity contribution is 0.0942. The maximum absolute atomic E-state index is 12.1. The molecule has 18 heavy (non-hydrogen) atoms. The number of rotatable bonds is 4. The Morgan fingerprint density at radius 2 is 2.17 bits per heavy atom. The second-order valence-corrected chi connectivity index (χ2v) is 4.88. The van der Waals surface area contributed by atoms with Gasteiger partial charge in [-0.25, -0.2) is 0 Å². The van der Waals surface area contributed by atoms with Crippen LogP contribution in [-0.4, -0.2) is 22.6 Å². The zero-order valence-electron chi connectivity index (χ0n) is 11.2. The highest BCUT2D eigenvalue weighted by Crippen LogP contribution is 2.12. The van der Waals surface area contributed by atoms with E-state index in [0.29, 0.717) is 29.9 Å². The molecule has 0 saturated carbocycles. The summed E-state index contributed by atoms with van der Waals surface area (Å²) in [6.45, 7) is 7.60. The lowest BCUT2D eigenvalue weighted by atomic mass is 9.96. The Bertz CT molecular complexity index is 488. The molecule has 0 unspecified atom stereocenters. The summed E-state index contributed by atoms with van der Waals surface area (Å²) in [5.41, 5.74) is 1.35. The van der Waals surface area contributed by atoms with E-state index < -0.39 is 5.41 Å². The first-order valence-corrected chi connectivity index (χ1v) is 5.92. The number of nitrogens with zero attached hydrogens (tertiary/aromatic N) is 3. The van der Waals surface area contributed by atoms with Gasteiger partial charge in [-0.2, -0.15) is 15.5 Å². The highest BCUT2D eigenvalue weighted by Gasteiger charge is 2.19. The molecule has 0 atom stereocenters. The fourth-order valence-corrected chi connectivity index (χ4v) is 1.41. The van der Waals surface area contributed by atoms with Crippen molar-refractivity contribution < 1.29 is 4.79 Å². The minimum absolute atomic E-state index is 0.201. The minimum Gasteiger partial charge on any atom is -0.350 e. The van der Waals surface area contributed by atoms with E-state index in [2.05, 4.69) is 21.6 Å². The predicted molar refractivity (Wildman–Crippen MR) is 67.9 cm³/mol. The summed E-state index contributed by atoms with van der Waals surface area (Å²) in [6.07, 6.45) is 0.650. The smallest absolute Gasteiger partial charge is 0.253 e. The van der Waals surface area contributed by atoms with Crippen LogP contribution in [0.4, 0.5) is 0 Å². The summed E-state index contributed by atoms with van der Waals surface area (Å²) in [7, 11) is 0. The molecule has 0 bridgehead atoms. The average Bonchev–Trinajstić information content (AvgIpc) is 2.36. The van der Waals surface area contributed by atoms with Crippen molar-refractivity contribution in [3.8, 4) is 6.07 Å². The summed E-state index contributed by atoms with van der Waals surface area (Å²) in [5, 5.41) is 19.6. The molecule has 0 aliphatic heterocycles. The van der Waals surface area contributed by atoms with E-state index in [1.165, 1.54) is 0 Å². The Labute approximate surface area is 107 Å². The lowest BCUT2D eigenvalue weighted by Crippen LogP contribution is -2.33. The van der Waals surface area contributed by atoms with Crippen molar-refractivity contribution in [2.45, 2.75) is 34.1 Å². The van der Waals surface area contributed by atoms with E-state index in [-0.39, 0.29) is 5.91 Å².